The Morgan fingerprint density at radius 2 is 1.50 bits per heavy atom. The number of unbranched alkanes of at least 4 members (excludes halogenated alkanes) is 3. The third-order valence-electron chi connectivity index (χ3n) is 4.64. The van der Waals surface area contributed by atoms with Crippen molar-refractivity contribution in [3.63, 3.8) is 0 Å². The van der Waals surface area contributed by atoms with Gasteiger partial charge in [0.05, 0.1) is 0 Å². The molecule has 0 aliphatic rings. The number of aliphatic carboxylic acids is 1. The number of allylic oxidation sites excluding steroid dienone is 9. The minimum Gasteiger partial charge on any atom is -0.481 e. The molecule has 3 heteroatoms. The third-order valence-corrected chi connectivity index (χ3v) is 4.64. The molecule has 0 radical (unpaired) electrons. The van der Waals surface area contributed by atoms with Crippen LogP contribution in [0.1, 0.15) is 71.6 Å². The van der Waals surface area contributed by atoms with E-state index in [1.54, 1.807) is 0 Å². The van der Waals surface area contributed by atoms with E-state index in [-0.39, 0.29) is 18.9 Å². The summed E-state index contributed by atoms with van der Waals surface area (Å²) < 4.78 is 0. The van der Waals surface area contributed by atoms with Crippen LogP contribution in [0.15, 0.2) is 60.8 Å². The molecule has 0 saturated heterocycles. The molecular formula is C25H40O3. The van der Waals surface area contributed by atoms with Crippen LogP contribution < -0.4 is 0 Å². The summed E-state index contributed by atoms with van der Waals surface area (Å²) >= 11 is 0. The lowest BCUT2D eigenvalue weighted by Crippen LogP contribution is -2.01. The highest BCUT2D eigenvalue weighted by atomic mass is 16.4. The molecule has 158 valence electrons. The first-order valence-corrected chi connectivity index (χ1v) is 10.8. The Morgan fingerprint density at radius 3 is 2.07 bits per heavy atom. The van der Waals surface area contributed by atoms with Crippen molar-refractivity contribution in [3.05, 3.63) is 60.8 Å². The molecule has 0 rings (SSSR count). The Morgan fingerprint density at radius 1 is 0.857 bits per heavy atom. The molecular weight excluding hydrogens is 348 g/mol. The van der Waals surface area contributed by atoms with Crippen LogP contribution in [0.4, 0.5) is 0 Å². The highest BCUT2D eigenvalue weighted by molar-refractivity contribution is 5.66. The molecule has 0 amide bonds. The molecule has 0 aromatic carbocycles. The van der Waals surface area contributed by atoms with Gasteiger partial charge in [0.25, 0.3) is 0 Å². The molecule has 2 atom stereocenters. The van der Waals surface area contributed by atoms with Crippen molar-refractivity contribution >= 4 is 5.97 Å². The predicted molar refractivity (Wildman–Crippen MR) is 120 cm³/mol. The summed E-state index contributed by atoms with van der Waals surface area (Å²) in [6.45, 7) is 4.59. The van der Waals surface area contributed by atoms with Gasteiger partial charge >= 0.3 is 5.97 Å². The molecule has 0 aromatic rings. The topological polar surface area (TPSA) is 57.5 Å². The summed E-state index contributed by atoms with van der Waals surface area (Å²) in [4.78, 5) is 10.5. The van der Waals surface area contributed by atoms with Crippen molar-refractivity contribution in [3.8, 4) is 0 Å². The second-order valence-electron chi connectivity index (χ2n) is 7.14. The fraction of sp³-hybridized carbons (Fsp3) is 0.560. The standard InChI is InChI=1S/C25H40O3/c1-3-5-6-12-19-24(22-26)20-14-10-8-7-9-13-17-23(4-2)18-15-11-16-21-25(27)28/h7-11,13-15,17,20,23-24,26H,3-6,12,16,18-19,21-22H2,1-2H3,(H,27,28). The van der Waals surface area contributed by atoms with Crippen LogP contribution in [0.25, 0.3) is 0 Å². The van der Waals surface area contributed by atoms with Gasteiger partial charge in [0, 0.05) is 18.9 Å². The lowest BCUT2D eigenvalue weighted by molar-refractivity contribution is -0.136. The van der Waals surface area contributed by atoms with E-state index < -0.39 is 5.97 Å². The van der Waals surface area contributed by atoms with Crippen LogP contribution in [0.2, 0.25) is 0 Å². The summed E-state index contributed by atoms with van der Waals surface area (Å²) in [5.74, 6) is -0.00430. The summed E-state index contributed by atoms with van der Waals surface area (Å²) in [5.41, 5.74) is 0. The van der Waals surface area contributed by atoms with E-state index >= 15 is 0 Å². The Bertz CT molecular complexity index is 512. The number of aliphatic hydroxyl groups excluding tert-OH is 1. The van der Waals surface area contributed by atoms with Crippen LogP contribution in [0, 0.1) is 11.8 Å². The van der Waals surface area contributed by atoms with E-state index in [9.17, 15) is 9.90 Å². The van der Waals surface area contributed by atoms with Crippen LogP contribution in [0.5, 0.6) is 0 Å². The van der Waals surface area contributed by atoms with Crippen LogP contribution in [-0.2, 0) is 4.79 Å². The average Bonchev–Trinajstić information content (AvgIpc) is 2.69. The molecule has 0 fully saturated rings. The summed E-state index contributed by atoms with van der Waals surface area (Å²) in [7, 11) is 0. The molecule has 0 aliphatic heterocycles. The molecule has 0 spiro atoms. The van der Waals surface area contributed by atoms with Crippen molar-refractivity contribution in [2.24, 2.45) is 11.8 Å². The minimum atomic E-state index is -0.747. The van der Waals surface area contributed by atoms with E-state index in [1.807, 2.05) is 36.5 Å². The highest BCUT2D eigenvalue weighted by Gasteiger charge is 2.01. The highest BCUT2D eigenvalue weighted by Crippen LogP contribution is 2.12. The monoisotopic (exact) mass is 388 g/mol. The van der Waals surface area contributed by atoms with Gasteiger partial charge in [0.2, 0.25) is 0 Å². The van der Waals surface area contributed by atoms with E-state index in [1.165, 1.54) is 25.7 Å². The minimum absolute atomic E-state index is 0.199. The molecule has 3 nitrogen and oxygen atoms in total. The first-order valence-electron chi connectivity index (χ1n) is 10.8. The van der Waals surface area contributed by atoms with E-state index in [0.29, 0.717) is 12.3 Å². The van der Waals surface area contributed by atoms with Gasteiger partial charge in [-0.15, -0.1) is 0 Å². The van der Waals surface area contributed by atoms with Crippen molar-refractivity contribution in [1.29, 1.82) is 0 Å². The van der Waals surface area contributed by atoms with Gasteiger partial charge in [-0.1, -0.05) is 100 Å². The molecule has 0 aliphatic carbocycles. The number of aliphatic hydroxyl groups is 1. The Balaban J connectivity index is 4.11. The zero-order chi connectivity index (χ0) is 20.9. The van der Waals surface area contributed by atoms with E-state index in [4.69, 9.17) is 5.11 Å². The zero-order valence-corrected chi connectivity index (χ0v) is 17.8. The Hall–Kier alpha value is -1.87. The number of carbonyl (C=O) groups is 1. The summed E-state index contributed by atoms with van der Waals surface area (Å²) in [6, 6.07) is 0. The number of carboxylic acids is 1. The Kier molecular flexibility index (Phi) is 18.6. The normalized spacial score (nSPS) is 15.0. The molecule has 28 heavy (non-hydrogen) atoms. The average molecular weight is 389 g/mol. The van der Waals surface area contributed by atoms with Crippen LogP contribution >= 0.6 is 0 Å². The van der Waals surface area contributed by atoms with Gasteiger partial charge < -0.3 is 10.2 Å². The molecule has 2 unspecified atom stereocenters. The predicted octanol–water partition coefficient (Wildman–Crippen LogP) is 6.63. The number of hydrogen-bond donors (Lipinski definition) is 2. The maximum Gasteiger partial charge on any atom is 0.303 e. The quantitative estimate of drug-likeness (QED) is 0.167. The van der Waals surface area contributed by atoms with Crippen LogP contribution in [-0.4, -0.2) is 22.8 Å². The molecule has 0 aromatic heterocycles. The second kappa shape index (κ2) is 19.9. The number of carboxylic acid groups (broad SMARTS) is 1. The molecule has 0 heterocycles. The first-order chi connectivity index (χ1) is 13.6. The van der Waals surface area contributed by atoms with Gasteiger partial charge in [0.15, 0.2) is 0 Å². The van der Waals surface area contributed by atoms with Gasteiger partial charge in [-0.3, -0.25) is 4.79 Å². The maximum atomic E-state index is 10.5. The van der Waals surface area contributed by atoms with Gasteiger partial charge in [-0.05, 0) is 31.6 Å². The SMILES string of the molecule is CCCCCCC(C=CC=CC=CC=CC(CC)CC=CCCC(=O)O)CO. The largest absolute Gasteiger partial charge is 0.481 e. The van der Waals surface area contributed by atoms with Crippen molar-refractivity contribution < 1.29 is 15.0 Å². The van der Waals surface area contributed by atoms with E-state index in [0.717, 1.165) is 19.3 Å². The maximum absolute atomic E-state index is 10.5. The third kappa shape index (κ3) is 17.5. The van der Waals surface area contributed by atoms with Gasteiger partial charge in [0.1, 0.15) is 0 Å². The van der Waals surface area contributed by atoms with Crippen molar-refractivity contribution in [2.45, 2.75) is 71.6 Å². The molecule has 2 N–H and O–H groups in total. The zero-order valence-electron chi connectivity index (χ0n) is 17.8. The van der Waals surface area contributed by atoms with Gasteiger partial charge in [-0.2, -0.15) is 0 Å². The summed E-state index contributed by atoms with van der Waals surface area (Å²) in [6.07, 6.45) is 29.3. The fourth-order valence-corrected chi connectivity index (χ4v) is 2.76. The molecule has 0 saturated carbocycles. The number of hydrogen-bond acceptors (Lipinski definition) is 2. The summed E-state index contributed by atoms with van der Waals surface area (Å²) in [5, 5.41) is 18.0. The lowest BCUT2D eigenvalue weighted by atomic mass is 10.0. The van der Waals surface area contributed by atoms with Crippen molar-refractivity contribution in [2.75, 3.05) is 6.61 Å². The molecule has 0 bridgehead atoms. The Labute approximate surface area is 172 Å². The van der Waals surface area contributed by atoms with E-state index in [2.05, 4.69) is 38.2 Å². The first kappa shape index (κ1) is 26.1. The van der Waals surface area contributed by atoms with Crippen molar-refractivity contribution in [1.82, 2.24) is 0 Å². The van der Waals surface area contributed by atoms with Gasteiger partial charge in [-0.25, -0.2) is 0 Å². The van der Waals surface area contributed by atoms with Crippen LogP contribution in [0.3, 0.4) is 0 Å². The number of rotatable bonds is 17. The fourth-order valence-electron chi connectivity index (χ4n) is 2.76. The lowest BCUT2D eigenvalue weighted by Gasteiger charge is -2.07. The second-order valence-corrected chi connectivity index (χ2v) is 7.14. The smallest absolute Gasteiger partial charge is 0.303 e.